The minimum atomic E-state index is -4.60. The van der Waals surface area contributed by atoms with Gasteiger partial charge in [-0.3, -0.25) is 14.7 Å². The molecule has 2 aliphatic heterocycles. The predicted molar refractivity (Wildman–Crippen MR) is 141 cm³/mol. The van der Waals surface area contributed by atoms with Crippen molar-refractivity contribution in [1.82, 2.24) is 19.7 Å². The van der Waals surface area contributed by atoms with Gasteiger partial charge >= 0.3 is 6.18 Å². The number of hydrogen-bond donors (Lipinski definition) is 0. The van der Waals surface area contributed by atoms with Gasteiger partial charge in [-0.2, -0.15) is 13.2 Å². The van der Waals surface area contributed by atoms with Crippen molar-refractivity contribution >= 4 is 5.91 Å². The summed E-state index contributed by atoms with van der Waals surface area (Å²) in [6.07, 6.45) is -2.38. The second kappa shape index (κ2) is 13.4. The molecule has 0 aliphatic carbocycles. The Morgan fingerprint density at radius 2 is 1.85 bits per heavy atom. The van der Waals surface area contributed by atoms with Crippen molar-refractivity contribution in [2.75, 3.05) is 53.0 Å². The van der Waals surface area contributed by atoms with Crippen molar-refractivity contribution in [3.8, 4) is 0 Å². The number of aryl methyl sites for hydroxylation is 1. The van der Waals surface area contributed by atoms with E-state index < -0.39 is 17.7 Å². The number of likely N-dealkylation sites (tertiary alicyclic amines) is 1. The van der Waals surface area contributed by atoms with Gasteiger partial charge in [0.15, 0.2) is 0 Å². The Morgan fingerprint density at radius 3 is 2.58 bits per heavy atom. The molecule has 0 bridgehead atoms. The number of fused-ring (bicyclic) bond motifs is 1. The summed E-state index contributed by atoms with van der Waals surface area (Å²) in [6, 6.07) is 8.26. The molecule has 2 aliphatic rings. The number of hydrogen-bond acceptors (Lipinski definition) is 5. The van der Waals surface area contributed by atoms with Crippen LogP contribution in [0.25, 0.3) is 0 Å². The third-order valence-corrected chi connectivity index (χ3v) is 7.82. The molecule has 2 aromatic rings. The van der Waals surface area contributed by atoms with Crippen LogP contribution in [-0.2, 0) is 41.6 Å². The molecule has 3 heterocycles. The number of amides is 1. The van der Waals surface area contributed by atoms with Gasteiger partial charge < -0.3 is 14.5 Å². The molecule has 1 amide bonds. The fraction of sp³-hybridized carbons (Fsp3) is 0.586. The Hall–Kier alpha value is -2.63. The molecule has 40 heavy (non-hydrogen) atoms. The zero-order valence-corrected chi connectivity index (χ0v) is 22.9. The smallest absolute Gasteiger partial charge is 0.383 e. The van der Waals surface area contributed by atoms with Gasteiger partial charge in [0.05, 0.1) is 24.4 Å². The highest BCUT2D eigenvalue weighted by Crippen LogP contribution is 2.32. The quantitative estimate of drug-likeness (QED) is 0.365. The van der Waals surface area contributed by atoms with Crippen molar-refractivity contribution in [3.63, 3.8) is 0 Å². The van der Waals surface area contributed by atoms with Crippen LogP contribution in [0.2, 0.25) is 0 Å². The molecular formula is C29H37F5N4O2. The van der Waals surface area contributed by atoms with Crippen LogP contribution in [0.15, 0.2) is 36.5 Å². The van der Waals surface area contributed by atoms with E-state index in [0.717, 1.165) is 37.7 Å². The summed E-state index contributed by atoms with van der Waals surface area (Å²) in [5.74, 6) is -2.98. The van der Waals surface area contributed by atoms with E-state index in [2.05, 4.69) is 16.0 Å². The molecular weight excluding hydrogens is 531 g/mol. The summed E-state index contributed by atoms with van der Waals surface area (Å²) in [7, 11) is 1.68. The van der Waals surface area contributed by atoms with Gasteiger partial charge in [-0.15, -0.1) is 0 Å². The van der Waals surface area contributed by atoms with Crippen LogP contribution in [0.3, 0.4) is 0 Å². The number of benzene rings is 1. The molecule has 0 atom stereocenters. The first-order valence-electron chi connectivity index (χ1n) is 13.8. The minimum absolute atomic E-state index is 0.135. The Morgan fingerprint density at radius 1 is 1.07 bits per heavy atom. The fourth-order valence-corrected chi connectivity index (χ4v) is 5.45. The molecule has 0 radical (unpaired) electrons. The van der Waals surface area contributed by atoms with Gasteiger partial charge in [0.2, 0.25) is 5.91 Å². The second-order valence-corrected chi connectivity index (χ2v) is 10.6. The SMILES string of the molecule is COCCN1CCc2c(CCC(=O)N(CCN3CCC(F)(F)CC3)Cc3ncccc3C(F)(F)F)cccc2C1. The monoisotopic (exact) mass is 568 g/mol. The fourth-order valence-electron chi connectivity index (χ4n) is 5.45. The predicted octanol–water partition coefficient (Wildman–Crippen LogP) is 4.80. The molecule has 6 nitrogen and oxygen atoms in total. The summed E-state index contributed by atoms with van der Waals surface area (Å²) in [5, 5.41) is 0. The van der Waals surface area contributed by atoms with E-state index in [9.17, 15) is 26.7 Å². The number of ether oxygens (including phenoxy) is 1. The number of alkyl halides is 5. The summed E-state index contributed by atoms with van der Waals surface area (Å²) in [5.41, 5.74) is 2.43. The van der Waals surface area contributed by atoms with Gasteiger partial charge in [0, 0.05) is 78.4 Å². The average molecular weight is 569 g/mol. The lowest BCUT2D eigenvalue weighted by molar-refractivity contribution is -0.140. The van der Waals surface area contributed by atoms with Crippen LogP contribution < -0.4 is 0 Å². The molecule has 4 rings (SSSR count). The van der Waals surface area contributed by atoms with Gasteiger partial charge in [0.1, 0.15) is 0 Å². The summed E-state index contributed by atoms with van der Waals surface area (Å²) >= 11 is 0. The topological polar surface area (TPSA) is 48.9 Å². The number of pyridine rings is 1. The Bertz CT molecular complexity index is 1130. The van der Waals surface area contributed by atoms with E-state index in [4.69, 9.17) is 4.74 Å². The van der Waals surface area contributed by atoms with Gasteiger partial charge in [-0.1, -0.05) is 18.2 Å². The van der Waals surface area contributed by atoms with Gasteiger partial charge in [-0.05, 0) is 41.7 Å². The van der Waals surface area contributed by atoms with E-state index in [1.807, 2.05) is 17.0 Å². The van der Waals surface area contributed by atoms with Crippen LogP contribution in [0, 0.1) is 0 Å². The number of carbonyl (C=O) groups is 1. The van der Waals surface area contributed by atoms with E-state index in [1.165, 1.54) is 28.3 Å². The first-order chi connectivity index (χ1) is 19.1. The van der Waals surface area contributed by atoms with Crippen molar-refractivity contribution < 1.29 is 31.5 Å². The van der Waals surface area contributed by atoms with Crippen molar-refractivity contribution in [2.24, 2.45) is 0 Å². The first kappa shape index (κ1) is 30.3. The van der Waals surface area contributed by atoms with Gasteiger partial charge in [-0.25, -0.2) is 8.78 Å². The summed E-state index contributed by atoms with van der Waals surface area (Å²) < 4.78 is 73.3. The number of carbonyl (C=O) groups excluding carboxylic acids is 1. The van der Waals surface area contributed by atoms with Crippen LogP contribution >= 0.6 is 0 Å². The number of nitrogens with zero attached hydrogens (tertiary/aromatic N) is 4. The van der Waals surface area contributed by atoms with Gasteiger partial charge in [0.25, 0.3) is 5.92 Å². The molecule has 1 aromatic heterocycles. The van der Waals surface area contributed by atoms with Crippen molar-refractivity contribution in [3.05, 3.63) is 64.5 Å². The van der Waals surface area contributed by atoms with E-state index in [0.29, 0.717) is 19.6 Å². The molecule has 220 valence electrons. The molecule has 0 saturated carbocycles. The maximum absolute atomic E-state index is 13.6. The third-order valence-electron chi connectivity index (χ3n) is 7.82. The largest absolute Gasteiger partial charge is 0.418 e. The summed E-state index contributed by atoms with van der Waals surface area (Å²) in [4.78, 5) is 23.0. The molecule has 0 N–H and O–H groups in total. The first-order valence-corrected chi connectivity index (χ1v) is 13.8. The number of piperidine rings is 1. The molecule has 0 spiro atoms. The normalized spacial score (nSPS) is 17.9. The Kier molecular flexibility index (Phi) is 10.1. The van der Waals surface area contributed by atoms with Crippen LogP contribution in [0.1, 0.15) is 47.2 Å². The molecule has 0 unspecified atom stereocenters. The van der Waals surface area contributed by atoms with Crippen molar-refractivity contribution in [2.45, 2.75) is 57.3 Å². The Labute approximate surface area is 232 Å². The molecule has 1 saturated heterocycles. The lowest BCUT2D eigenvalue weighted by atomic mass is 9.92. The number of methoxy groups -OCH3 is 1. The number of rotatable bonds is 11. The highest BCUT2D eigenvalue weighted by molar-refractivity contribution is 5.76. The third kappa shape index (κ3) is 8.20. The lowest BCUT2D eigenvalue weighted by Gasteiger charge is -2.33. The van der Waals surface area contributed by atoms with E-state index in [-0.39, 0.29) is 57.0 Å². The van der Waals surface area contributed by atoms with E-state index >= 15 is 0 Å². The maximum Gasteiger partial charge on any atom is 0.418 e. The second-order valence-electron chi connectivity index (χ2n) is 10.6. The Balaban J connectivity index is 1.45. The maximum atomic E-state index is 13.6. The number of halogens is 5. The zero-order chi connectivity index (χ0) is 28.8. The molecule has 1 aromatic carbocycles. The van der Waals surface area contributed by atoms with Crippen LogP contribution in [-0.4, -0.2) is 84.5 Å². The van der Waals surface area contributed by atoms with Crippen LogP contribution in [0.4, 0.5) is 22.0 Å². The molecule has 11 heteroatoms. The zero-order valence-electron chi connectivity index (χ0n) is 22.9. The standard InChI is InChI=1S/C29H37F5N4O2/c1-40-19-18-37-13-9-24-22(4-2-5-23(24)20-37)7-8-27(39)38(17-16-36-14-10-28(30,31)11-15-36)21-26-25(29(32,33)34)6-3-12-35-26/h2-6,12H,7-11,13-21H2,1H3. The highest BCUT2D eigenvalue weighted by atomic mass is 19.4. The highest BCUT2D eigenvalue weighted by Gasteiger charge is 2.36. The van der Waals surface area contributed by atoms with Crippen LogP contribution in [0.5, 0.6) is 0 Å². The van der Waals surface area contributed by atoms with Crippen molar-refractivity contribution in [1.29, 1.82) is 0 Å². The lowest BCUT2D eigenvalue weighted by Crippen LogP contribution is -2.44. The molecule has 1 fully saturated rings. The minimum Gasteiger partial charge on any atom is -0.383 e. The summed E-state index contributed by atoms with van der Waals surface area (Å²) in [6.45, 7) is 3.73. The van der Waals surface area contributed by atoms with E-state index in [1.54, 1.807) is 7.11 Å². The number of aromatic nitrogens is 1. The average Bonchev–Trinajstić information content (AvgIpc) is 2.93.